The van der Waals surface area contributed by atoms with Crippen LogP contribution in [0.5, 0.6) is 0 Å². The van der Waals surface area contributed by atoms with E-state index in [1.54, 1.807) is 0 Å². The molecular weight excluding hydrogens is 305 g/mol. The van der Waals surface area contributed by atoms with Crippen LogP contribution in [-0.2, 0) is 4.79 Å². The Morgan fingerprint density at radius 2 is 2.17 bits per heavy atom. The van der Waals surface area contributed by atoms with Gasteiger partial charge in [0.1, 0.15) is 11.9 Å². The minimum atomic E-state index is -1.02. The van der Waals surface area contributed by atoms with E-state index in [4.69, 9.17) is 5.11 Å². The molecule has 1 amide bonds. The second kappa shape index (κ2) is 5.06. The minimum Gasteiger partial charge on any atom is -0.480 e. The van der Waals surface area contributed by atoms with Crippen molar-refractivity contribution in [2.75, 3.05) is 6.54 Å². The number of hydrogen-bond donors (Lipinski definition) is 1. The molecular formula is C12H11BrFNO3. The van der Waals surface area contributed by atoms with E-state index in [9.17, 15) is 14.0 Å². The first-order chi connectivity index (χ1) is 8.50. The molecule has 96 valence electrons. The molecule has 1 unspecified atom stereocenters. The Hall–Kier alpha value is -1.43. The zero-order valence-corrected chi connectivity index (χ0v) is 11.0. The van der Waals surface area contributed by atoms with E-state index in [2.05, 4.69) is 15.9 Å². The molecule has 1 aromatic rings. The minimum absolute atomic E-state index is 0.156. The van der Waals surface area contributed by atoms with Gasteiger partial charge in [0.25, 0.3) is 5.91 Å². The van der Waals surface area contributed by atoms with Gasteiger partial charge in [-0.15, -0.1) is 0 Å². The highest BCUT2D eigenvalue weighted by atomic mass is 79.9. The lowest BCUT2D eigenvalue weighted by atomic mass is 10.1. The molecule has 6 heteroatoms. The lowest BCUT2D eigenvalue weighted by molar-refractivity contribution is -0.141. The normalized spacial score (nSPS) is 19.0. The topological polar surface area (TPSA) is 57.6 Å². The van der Waals surface area contributed by atoms with E-state index in [-0.39, 0.29) is 5.56 Å². The van der Waals surface area contributed by atoms with Gasteiger partial charge in [0.2, 0.25) is 0 Å². The van der Waals surface area contributed by atoms with E-state index in [1.807, 2.05) is 0 Å². The number of halogens is 2. The fourth-order valence-corrected chi connectivity index (χ4v) is 2.50. The number of carboxylic acids is 1. The molecule has 18 heavy (non-hydrogen) atoms. The summed E-state index contributed by atoms with van der Waals surface area (Å²) in [5, 5.41) is 9.02. The summed E-state index contributed by atoms with van der Waals surface area (Å²) in [5.74, 6) is -1.99. The molecule has 0 bridgehead atoms. The van der Waals surface area contributed by atoms with E-state index in [0.717, 1.165) is 6.07 Å². The first-order valence-electron chi connectivity index (χ1n) is 5.49. The Kier molecular flexibility index (Phi) is 3.65. The molecule has 1 aliphatic rings. The highest BCUT2D eigenvalue weighted by Gasteiger charge is 2.35. The number of nitrogens with zero attached hydrogens (tertiary/aromatic N) is 1. The molecule has 1 atom stereocenters. The maximum Gasteiger partial charge on any atom is 0.326 e. The quantitative estimate of drug-likeness (QED) is 0.911. The number of likely N-dealkylation sites (tertiary alicyclic amines) is 1. The van der Waals surface area contributed by atoms with Crippen LogP contribution in [0.2, 0.25) is 0 Å². The average molecular weight is 316 g/mol. The largest absolute Gasteiger partial charge is 0.480 e. The zero-order chi connectivity index (χ0) is 13.3. The molecule has 0 saturated carbocycles. The molecule has 4 nitrogen and oxygen atoms in total. The fourth-order valence-electron chi connectivity index (χ4n) is 2.08. The van der Waals surface area contributed by atoms with Crippen molar-refractivity contribution in [1.82, 2.24) is 4.90 Å². The number of amides is 1. The van der Waals surface area contributed by atoms with Crippen molar-refractivity contribution in [3.63, 3.8) is 0 Å². The van der Waals surface area contributed by atoms with Gasteiger partial charge in [0, 0.05) is 11.0 Å². The van der Waals surface area contributed by atoms with Crippen LogP contribution < -0.4 is 0 Å². The maximum absolute atomic E-state index is 13.1. The summed E-state index contributed by atoms with van der Waals surface area (Å²) in [4.78, 5) is 24.5. The number of carboxylic acid groups (broad SMARTS) is 1. The lowest BCUT2D eigenvalue weighted by Crippen LogP contribution is -2.40. The van der Waals surface area contributed by atoms with Gasteiger partial charge in [-0.2, -0.15) is 0 Å². The Morgan fingerprint density at radius 3 is 2.83 bits per heavy atom. The number of aliphatic carboxylic acids is 1. The van der Waals surface area contributed by atoms with Gasteiger partial charge < -0.3 is 10.0 Å². The van der Waals surface area contributed by atoms with E-state index < -0.39 is 23.7 Å². The number of carbonyl (C=O) groups is 2. The number of rotatable bonds is 2. The zero-order valence-electron chi connectivity index (χ0n) is 9.40. The SMILES string of the molecule is O=C(O)C1CCCN1C(=O)c1cc(F)ccc1Br. The molecule has 0 aliphatic carbocycles. The van der Waals surface area contributed by atoms with Crippen molar-refractivity contribution >= 4 is 27.8 Å². The Morgan fingerprint density at radius 1 is 1.44 bits per heavy atom. The lowest BCUT2D eigenvalue weighted by Gasteiger charge is -2.22. The standard InChI is InChI=1S/C12H11BrFNO3/c13-9-4-3-7(14)6-8(9)11(16)15-5-1-2-10(15)12(17)18/h3-4,6,10H,1-2,5H2,(H,17,18). The number of carbonyl (C=O) groups excluding carboxylic acids is 1. The Balaban J connectivity index is 2.31. The third-order valence-corrected chi connectivity index (χ3v) is 3.65. The van der Waals surface area contributed by atoms with Crippen LogP contribution in [0.1, 0.15) is 23.2 Å². The van der Waals surface area contributed by atoms with Gasteiger partial charge in [-0.1, -0.05) is 0 Å². The molecule has 0 spiro atoms. The molecule has 1 saturated heterocycles. The molecule has 1 heterocycles. The summed E-state index contributed by atoms with van der Waals surface area (Å²) in [7, 11) is 0. The van der Waals surface area contributed by atoms with Gasteiger partial charge in [-0.05, 0) is 47.0 Å². The van der Waals surface area contributed by atoms with Crippen LogP contribution in [0.4, 0.5) is 4.39 Å². The van der Waals surface area contributed by atoms with Gasteiger partial charge in [0.05, 0.1) is 5.56 Å². The summed E-state index contributed by atoms with van der Waals surface area (Å²) in [5.41, 5.74) is 0.156. The first kappa shape index (κ1) is 13.0. The van der Waals surface area contributed by atoms with Gasteiger partial charge >= 0.3 is 5.97 Å². The summed E-state index contributed by atoms with van der Waals surface area (Å²) < 4.78 is 13.6. The van der Waals surface area contributed by atoms with Crippen molar-refractivity contribution in [1.29, 1.82) is 0 Å². The molecule has 1 N–H and O–H groups in total. The number of hydrogen-bond acceptors (Lipinski definition) is 2. The average Bonchev–Trinajstić information content (AvgIpc) is 2.80. The summed E-state index contributed by atoms with van der Waals surface area (Å²) in [6.07, 6.45) is 1.09. The summed E-state index contributed by atoms with van der Waals surface area (Å²) >= 11 is 3.17. The highest BCUT2D eigenvalue weighted by Crippen LogP contribution is 2.24. The van der Waals surface area contributed by atoms with Crippen molar-refractivity contribution in [2.24, 2.45) is 0 Å². The van der Waals surface area contributed by atoms with Crippen LogP contribution >= 0.6 is 15.9 Å². The summed E-state index contributed by atoms with van der Waals surface area (Å²) in [6, 6.07) is 2.98. The first-order valence-corrected chi connectivity index (χ1v) is 6.29. The van der Waals surface area contributed by atoms with Crippen LogP contribution in [0, 0.1) is 5.82 Å². The third-order valence-electron chi connectivity index (χ3n) is 2.96. The van der Waals surface area contributed by atoms with Gasteiger partial charge in [-0.3, -0.25) is 4.79 Å². The monoisotopic (exact) mass is 315 g/mol. The Labute approximate surface area is 112 Å². The maximum atomic E-state index is 13.1. The molecule has 1 aliphatic heterocycles. The van der Waals surface area contributed by atoms with Crippen molar-refractivity contribution in [3.8, 4) is 0 Å². The second-order valence-electron chi connectivity index (χ2n) is 4.12. The second-order valence-corrected chi connectivity index (χ2v) is 4.97. The third kappa shape index (κ3) is 2.38. The van der Waals surface area contributed by atoms with E-state index in [0.29, 0.717) is 23.9 Å². The van der Waals surface area contributed by atoms with Crippen LogP contribution in [0.25, 0.3) is 0 Å². The van der Waals surface area contributed by atoms with E-state index in [1.165, 1.54) is 17.0 Å². The fraction of sp³-hybridized carbons (Fsp3) is 0.333. The molecule has 1 fully saturated rings. The van der Waals surface area contributed by atoms with Crippen molar-refractivity contribution in [2.45, 2.75) is 18.9 Å². The van der Waals surface area contributed by atoms with Crippen LogP contribution in [0.3, 0.4) is 0 Å². The van der Waals surface area contributed by atoms with Crippen molar-refractivity contribution < 1.29 is 19.1 Å². The molecule has 0 aromatic heterocycles. The highest BCUT2D eigenvalue weighted by molar-refractivity contribution is 9.10. The van der Waals surface area contributed by atoms with Crippen LogP contribution in [-0.4, -0.2) is 34.5 Å². The van der Waals surface area contributed by atoms with Crippen molar-refractivity contribution in [3.05, 3.63) is 34.1 Å². The van der Waals surface area contributed by atoms with E-state index >= 15 is 0 Å². The van der Waals surface area contributed by atoms with Gasteiger partial charge in [0.15, 0.2) is 0 Å². The van der Waals surface area contributed by atoms with Crippen LogP contribution in [0.15, 0.2) is 22.7 Å². The number of benzene rings is 1. The Bertz CT molecular complexity index is 506. The molecule has 0 radical (unpaired) electrons. The smallest absolute Gasteiger partial charge is 0.326 e. The van der Waals surface area contributed by atoms with Gasteiger partial charge in [-0.25, -0.2) is 9.18 Å². The summed E-state index contributed by atoms with van der Waals surface area (Å²) in [6.45, 7) is 0.388. The molecule has 1 aromatic carbocycles. The predicted octanol–water partition coefficient (Wildman–Crippen LogP) is 2.28. The molecule has 2 rings (SSSR count). The predicted molar refractivity (Wildman–Crippen MR) is 65.8 cm³/mol.